The molecule has 1 aromatic rings. The molecule has 0 heterocycles. The summed E-state index contributed by atoms with van der Waals surface area (Å²) in [4.78, 5) is 0. The third-order valence-corrected chi connectivity index (χ3v) is 3.05. The summed E-state index contributed by atoms with van der Waals surface area (Å²) in [5, 5.41) is 9.99. The van der Waals surface area contributed by atoms with Crippen LogP contribution in [-0.4, -0.2) is 11.2 Å². The van der Waals surface area contributed by atoms with Gasteiger partial charge in [-0.2, -0.15) is 0 Å². The van der Waals surface area contributed by atoms with Crippen molar-refractivity contribution in [2.45, 2.75) is 45.8 Å². The Morgan fingerprint density at radius 2 is 1.94 bits per heavy atom. The highest BCUT2D eigenvalue weighted by molar-refractivity contribution is 5.30. The first-order valence-corrected chi connectivity index (χ1v) is 6.11. The van der Waals surface area contributed by atoms with E-state index >= 15 is 0 Å². The summed E-state index contributed by atoms with van der Waals surface area (Å²) in [6.45, 7) is 6.08. The van der Waals surface area contributed by atoms with Crippen molar-refractivity contribution in [2.75, 3.05) is 0 Å². The van der Waals surface area contributed by atoms with Gasteiger partial charge in [0.25, 0.3) is 0 Å². The van der Waals surface area contributed by atoms with E-state index in [-0.39, 0.29) is 5.82 Å². The van der Waals surface area contributed by atoms with Crippen LogP contribution in [0.2, 0.25) is 0 Å². The topological polar surface area (TPSA) is 46.2 Å². The summed E-state index contributed by atoms with van der Waals surface area (Å²) >= 11 is 0. The van der Waals surface area contributed by atoms with E-state index in [2.05, 4.69) is 13.8 Å². The second-order valence-corrected chi connectivity index (χ2v) is 5.07. The fourth-order valence-electron chi connectivity index (χ4n) is 1.86. The summed E-state index contributed by atoms with van der Waals surface area (Å²) in [5.74, 6) is 0.225. The summed E-state index contributed by atoms with van der Waals surface area (Å²) in [6, 6.07) is 4.01. The molecule has 1 aromatic carbocycles. The van der Waals surface area contributed by atoms with Crippen LogP contribution in [0.4, 0.5) is 4.39 Å². The second-order valence-electron chi connectivity index (χ2n) is 5.07. The monoisotopic (exact) mass is 239 g/mol. The van der Waals surface area contributed by atoms with Crippen molar-refractivity contribution in [3.8, 4) is 0 Å². The molecular weight excluding hydrogens is 217 g/mol. The fraction of sp³-hybridized carbons (Fsp3) is 0.571. The molecule has 0 amide bonds. The maximum Gasteiger partial charge on any atom is 0.123 e. The molecule has 3 heteroatoms. The van der Waals surface area contributed by atoms with Crippen molar-refractivity contribution >= 4 is 0 Å². The SMILES string of the molecule is Cc1ccc(F)cc1[C@@H](N)[C@@H](O)CCC(C)C. The Morgan fingerprint density at radius 1 is 1.29 bits per heavy atom. The van der Waals surface area contributed by atoms with Crippen LogP contribution in [-0.2, 0) is 0 Å². The number of hydrogen-bond acceptors (Lipinski definition) is 2. The number of halogens is 1. The summed E-state index contributed by atoms with van der Waals surface area (Å²) in [7, 11) is 0. The lowest BCUT2D eigenvalue weighted by molar-refractivity contribution is 0.128. The van der Waals surface area contributed by atoms with Gasteiger partial charge < -0.3 is 10.8 Å². The van der Waals surface area contributed by atoms with Crippen LogP contribution in [0, 0.1) is 18.7 Å². The third-order valence-electron chi connectivity index (χ3n) is 3.05. The molecule has 96 valence electrons. The zero-order chi connectivity index (χ0) is 13.0. The number of aliphatic hydroxyl groups is 1. The van der Waals surface area contributed by atoms with Crippen LogP contribution in [0.25, 0.3) is 0 Å². The minimum Gasteiger partial charge on any atom is -0.391 e. The predicted molar refractivity (Wildman–Crippen MR) is 68.1 cm³/mol. The molecule has 0 aliphatic heterocycles. The first kappa shape index (κ1) is 14.1. The molecule has 3 N–H and O–H groups in total. The number of benzene rings is 1. The van der Waals surface area contributed by atoms with Crippen molar-refractivity contribution in [3.63, 3.8) is 0 Å². The van der Waals surface area contributed by atoms with Gasteiger partial charge in [-0.1, -0.05) is 19.9 Å². The summed E-state index contributed by atoms with van der Waals surface area (Å²) in [6.07, 6.45) is 0.954. The number of aliphatic hydroxyl groups excluding tert-OH is 1. The van der Waals surface area contributed by atoms with Gasteiger partial charge >= 0.3 is 0 Å². The van der Waals surface area contributed by atoms with Gasteiger partial charge in [0.05, 0.1) is 12.1 Å². The lowest BCUT2D eigenvalue weighted by Crippen LogP contribution is -2.27. The van der Waals surface area contributed by atoms with E-state index in [4.69, 9.17) is 5.73 Å². The molecule has 0 unspecified atom stereocenters. The maximum absolute atomic E-state index is 13.1. The van der Waals surface area contributed by atoms with Gasteiger partial charge in [0.15, 0.2) is 0 Å². The molecule has 2 atom stereocenters. The van der Waals surface area contributed by atoms with E-state index < -0.39 is 12.1 Å². The molecule has 0 aliphatic carbocycles. The van der Waals surface area contributed by atoms with Crippen molar-refractivity contribution in [3.05, 3.63) is 35.1 Å². The summed E-state index contributed by atoms with van der Waals surface area (Å²) in [5.41, 5.74) is 7.59. The van der Waals surface area contributed by atoms with E-state index in [1.165, 1.54) is 12.1 Å². The Hall–Kier alpha value is -0.930. The number of rotatable bonds is 5. The van der Waals surface area contributed by atoms with E-state index in [9.17, 15) is 9.50 Å². The molecule has 0 fully saturated rings. The lowest BCUT2D eigenvalue weighted by atomic mass is 9.93. The van der Waals surface area contributed by atoms with Crippen molar-refractivity contribution in [2.24, 2.45) is 11.7 Å². The molecular formula is C14H22FNO. The quantitative estimate of drug-likeness (QED) is 0.830. The van der Waals surface area contributed by atoms with Crippen LogP contribution in [0.15, 0.2) is 18.2 Å². The normalized spacial score (nSPS) is 15.0. The van der Waals surface area contributed by atoms with Crippen LogP contribution in [0.5, 0.6) is 0 Å². The van der Waals surface area contributed by atoms with Gasteiger partial charge in [0.2, 0.25) is 0 Å². The Morgan fingerprint density at radius 3 is 2.53 bits per heavy atom. The van der Waals surface area contributed by atoms with E-state index in [0.717, 1.165) is 12.0 Å². The first-order valence-electron chi connectivity index (χ1n) is 6.11. The van der Waals surface area contributed by atoms with Gasteiger partial charge in [-0.25, -0.2) is 4.39 Å². The van der Waals surface area contributed by atoms with Crippen molar-refractivity contribution in [1.29, 1.82) is 0 Å². The van der Waals surface area contributed by atoms with E-state index in [0.29, 0.717) is 17.9 Å². The minimum atomic E-state index is -0.613. The lowest BCUT2D eigenvalue weighted by Gasteiger charge is -2.21. The molecule has 17 heavy (non-hydrogen) atoms. The molecule has 0 aliphatic rings. The van der Waals surface area contributed by atoms with E-state index in [1.54, 1.807) is 6.07 Å². The smallest absolute Gasteiger partial charge is 0.123 e. The van der Waals surface area contributed by atoms with Gasteiger partial charge in [-0.15, -0.1) is 0 Å². The van der Waals surface area contributed by atoms with Gasteiger partial charge in [-0.3, -0.25) is 0 Å². The van der Waals surface area contributed by atoms with E-state index in [1.807, 2.05) is 6.92 Å². The molecule has 0 saturated heterocycles. The zero-order valence-electron chi connectivity index (χ0n) is 10.8. The van der Waals surface area contributed by atoms with Crippen LogP contribution in [0.1, 0.15) is 43.9 Å². The highest BCUT2D eigenvalue weighted by atomic mass is 19.1. The molecule has 0 aromatic heterocycles. The Balaban J connectivity index is 2.74. The van der Waals surface area contributed by atoms with Crippen LogP contribution in [0.3, 0.4) is 0 Å². The Kier molecular flexibility index (Phi) is 5.09. The maximum atomic E-state index is 13.1. The van der Waals surface area contributed by atoms with Crippen molar-refractivity contribution in [1.82, 2.24) is 0 Å². The van der Waals surface area contributed by atoms with Crippen molar-refractivity contribution < 1.29 is 9.50 Å². The fourth-order valence-corrected chi connectivity index (χ4v) is 1.86. The second kappa shape index (κ2) is 6.12. The number of aryl methyl sites for hydroxylation is 1. The standard InChI is InChI=1S/C14H22FNO/c1-9(2)4-7-13(17)14(16)12-8-11(15)6-5-10(12)3/h5-6,8-9,13-14,17H,4,7,16H2,1-3H3/t13-,14+/m0/s1. The number of hydrogen-bond donors (Lipinski definition) is 2. The minimum absolute atomic E-state index is 0.308. The van der Waals surface area contributed by atoms with Crippen LogP contribution < -0.4 is 5.73 Å². The molecule has 0 radical (unpaired) electrons. The van der Waals surface area contributed by atoms with Crippen LogP contribution >= 0.6 is 0 Å². The average Bonchev–Trinajstić information content (AvgIpc) is 2.28. The molecule has 0 spiro atoms. The first-order chi connectivity index (χ1) is 7.91. The Labute approximate surface area is 103 Å². The predicted octanol–water partition coefficient (Wildman–Crippen LogP) is 2.93. The van der Waals surface area contributed by atoms with Gasteiger partial charge in [0.1, 0.15) is 5.82 Å². The highest BCUT2D eigenvalue weighted by Crippen LogP contribution is 2.23. The highest BCUT2D eigenvalue weighted by Gasteiger charge is 2.19. The third kappa shape index (κ3) is 4.10. The van der Waals surface area contributed by atoms with Gasteiger partial charge in [0, 0.05) is 0 Å². The Bertz CT molecular complexity index is 365. The molecule has 0 bridgehead atoms. The number of nitrogens with two attached hydrogens (primary N) is 1. The molecule has 2 nitrogen and oxygen atoms in total. The molecule has 1 rings (SSSR count). The van der Waals surface area contributed by atoms with Gasteiger partial charge in [-0.05, 0) is 48.9 Å². The zero-order valence-corrected chi connectivity index (χ0v) is 10.8. The summed E-state index contributed by atoms with van der Waals surface area (Å²) < 4.78 is 13.1. The average molecular weight is 239 g/mol. The largest absolute Gasteiger partial charge is 0.391 e. The molecule has 0 saturated carbocycles.